The molecule has 2 N–H and O–H groups in total. The third-order valence-electron chi connectivity index (χ3n) is 3.24. The number of carbonyl (C=O) groups excluding carboxylic acids is 2. The number of aromatic nitrogens is 1. The molecule has 0 radical (unpaired) electrons. The van der Waals surface area contributed by atoms with E-state index in [0.29, 0.717) is 24.7 Å². The molecule has 2 aromatic rings. The van der Waals surface area contributed by atoms with Crippen molar-refractivity contribution in [3.63, 3.8) is 0 Å². The first kappa shape index (κ1) is 18.3. The highest BCUT2D eigenvalue weighted by atomic mass is 16.5. The highest BCUT2D eigenvalue weighted by molar-refractivity contribution is 5.96. The third kappa shape index (κ3) is 5.83. The minimum Gasteiger partial charge on any atom is -0.494 e. The van der Waals surface area contributed by atoms with E-state index in [-0.39, 0.29) is 18.5 Å². The van der Waals surface area contributed by atoms with Gasteiger partial charge < -0.3 is 24.8 Å². The van der Waals surface area contributed by atoms with E-state index in [0.717, 1.165) is 12.2 Å². The van der Waals surface area contributed by atoms with Crippen LogP contribution in [0.1, 0.15) is 20.3 Å². The van der Waals surface area contributed by atoms with E-state index in [9.17, 15) is 9.59 Å². The summed E-state index contributed by atoms with van der Waals surface area (Å²) in [5.74, 6) is 0.704. The Labute approximate surface area is 146 Å². The zero-order chi connectivity index (χ0) is 18.1. The fraction of sp³-hybridized carbons (Fsp3) is 0.353. The summed E-state index contributed by atoms with van der Waals surface area (Å²) in [5.41, 5.74) is 0.631. The second-order valence-corrected chi connectivity index (χ2v) is 5.24. The first-order valence-electron chi connectivity index (χ1n) is 8.11. The third-order valence-corrected chi connectivity index (χ3v) is 3.24. The van der Waals surface area contributed by atoms with Crippen molar-refractivity contribution in [2.75, 3.05) is 30.3 Å². The maximum Gasteiger partial charge on any atom is 0.322 e. The zero-order valence-electron chi connectivity index (χ0n) is 14.3. The van der Waals surface area contributed by atoms with Crippen LogP contribution in [0.25, 0.3) is 0 Å². The second kappa shape index (κ2) is 9.31. The van der Waals surface area contributed by atoms with Crippen molar-refractivity contribution in [3.05, 3.63) is 36.6 Å². The Morgan fingerprint density at radius 1 is 1.16 bits per heavy atom. The van der Waals surface area contributed by atoms with Crippen molar-refractivity contribution in [1.29, 1.82) is 0 Å². The molecular weight excluding hydrogens is 324 g/mol. The van der Waals surface area contributed by atoms with Gasteiger partial charge in [0.25, 0.3) is 0 Å². The first-order chi connectivity index (χ1) is 12.1. The Balaban J connectivity index is 1.93. The summed E-state index contributed by atoms with van der Waals surface area (Å²) in [5, 5.41) is 8.95. The van der Waals surface area contributed by atoms with Gasteiger partial charge in [0.2, 0.25) is 5.91 Å². The van der Waals surface area contributed by atoms with E-state index in [1.165, 1.54) is 17.2 Å². The Morgan fingerprint density at radius 2 is 1.92 bits per heavy atom. The van der Waals surface area contributed by atoms with Crippen LogP contribution in [0.2, 0.25) is 0 Å². The Morgan fingerprint density at radius 3 is 2.52 bits per heavy atom. The molecule has 2 rings (SSSR count). The van der Waals surface area contributed by atoms with E-state index in [2.05, 4.69) is 20.3 Å². The molecule has 1 aromatic heterocycles. The van der Waals surface area contributed by atoms with Gasteiger partial charge in [-0.05, 0) is 37.6 Å². The molecule has 1 heterocycles. The van der Waals surface area contributed by atoms with Crippen molar-refractivity contribution < 1.29 is 18.8 Å². The lowest BCUT2D eigenvalue weighted by Gasteiger charge is -2.21. The molecule has 0 spiro atoms. The molecule has 1 aromatic carbocycles. The highest BCUT2D eigenvalue weighted by Gasteiger charge is 2.17. The van der Waals surface area contributed by atoms with Crippen LogP contribution >= 0.6 is 0 Å². The second-order valence-electron chi connectivity index (χ2n) is 5.24. The molecule has 0 saturated heterocycles. The van der Waals surface area contributed by atoms with Gasteiger partial charge in [-0.25, -0.2) is 4.79 Å². The molecule has 8 heteroatoms. The van der Waals surface area contributed by atoms with Crippen molar-refractivity contribution >= 4 is 23.4 Å². The zero-order valence-corrected chi connectivity index (χ0v) is 14.3. The standard InChI is InChI=1S/C17H22N4O4/c1-3-10-21(12-16(22)19-15-9-11-25-20-15)17(23)18-13-5-7-14(8-6-13)24-4-2/h5-9,11H,3-4,10,12H2,1-2H3,(H,18,23)(H,19,20,22). The molecule has 0 fully saturated rings. The van der Waals surface area contributed by atoms with Crippen LogP contribution in [-0.4, -0.2) is 41.7 Å². The van der Waals surface area contributed by atoms with E-state index < -0.39 is 0 Å². The summed E-state index contributed by atoms with van der Waals surface area (Å²) in [4.78, 5) is 25.9. The number of urea groups is 1. The molecular formula is C17H22N4O4. The number of ether oxygens (including phenoxy) is 1. The molecule has 25 heavy (non-hydrogen) atoms. The van der Waals surface area contributed by atoms with Gasteiger partial charge in [0.15, 0.2) is 5.82 Å². The lowest BCUT2D eigenvalue weighted by Crippen LogP contribution is -2.41. The van der Waals surface area contributed by atoms with Gasteiger partial charge in [-0.2, -0.15) is 0 Å². The lowest BCUT2D eigenvalue weighted by atomic mass is 10.3. The van der Waals surface area contributed by atoms with Crippen LogP contribution in [-0.2, 0) is 4.79 Å². The quantitative estimate of drug-likeness (QED) is 0.766. The number of amides is 3. The number of carbonyl (C=O) groups is 2. The van der Waals surface area contributed by atoms with E-state index in [4.69, 9.17) is 4.74 Å². The van der Waals surface area contributed by atoms with Crippen LogP contribution in [0.5, 0.6) is 5.75 Å². The van der Waals surface area contributed by atoms with Gasteiger partial charge in [0.05, 0.1) is 6.61 Å². The van der Waals surface area contributed by atoms with Gasteiger partial charge in [-0.1, -0.05) is 12.1 Å². The molecule has 0 aliphatic heterocycles. The van der Waals surface area contributed by atoms with Gasteiger partial charge in [0, 0.05) is 18.3 Å². The number of benzene rings is 1. The van der Waals surface area contributed by atoms with E-state index in [1.54, 1.807) is 24.3 Å². The maximum absolute atomic E-state index is 12.4. The molecule has 0 atom stereocenters. The fourth-order valence-corrected chi connectivity index (χ4v) is 2.16. The number of anilines is 2. The average Bonchev–Trinajstić information content (AvgIpc) is 3.09. The number of hydrogen-bond acceptors (Lipinski definition) is 5. The van der Waals surface area contributed by atoms with Gasteiger partial charge in [-0.15, -0.1) is 0 Å². The van der Waals surface area contributed by atoms with Gasteiger partial charge >= 0.3 is 6.03 Å². The van der Waals surface area contributed by atoms with Crippen molar-refractivity contribution in [2.24, 2.45) is 0 Å². The number of nitrogens with one attached hydrogen (secondary N) is 2. The van der Waals surface area contributed by atoms with Gasteiger partial charge in [0.1, 0.15) is 18.6 Å². The molecule has 0 saturated carbocycles. The molecule has 0 unspecified atom stereocenters. The molecule has 8 nitrogen and oxygen atoms in total. The van der Waals surface area contributed by atoms with Crippen LogP contribution in [0.4, 0.5) is 16.3 Å². The SMILES string of the molecule is CCCN(CC(=O)Nc1ccon1)C(=O)Nc1ccc(OCC)cc1. The monoisotopic (exact) mass is 346 g/mol. The molecule has 0 aliphatic rings. The Kier molecular flexibility index (Phi) is 6.82. The largest absolute Gasteiger partial charge is 0.494 e. The lowest BCUT2D eigenvalue weighted by molar-refractivity contribution is -0.116. The number of hydrogen-bond donors (Lipinski definition) is 2. The Bertz CT molecular complexity index is 670. The first-order valence-corrected chi connectivity index (χ1v) is 8.11. The predicted molar refractivity (Wildman–Crippen MR) is 93.6 cm³/mol. The normalized spacial score (nSPS) is 10.2. The van der Waals surface area contributed by atoms with Crippen LogP contribution < -0.4 is 15.4 Å². The predicted octanol–water partition coefficient (Wildman–Crippen LogP) is 2.96. The summed E-state index contributed by atoms with van der Waals surface area (Å²) < 4.78 is 10.0. The fourth-order valence-electron chi connectivity index (χ4n) is 2.16. The molecule has 0 aliphatic carbocycles. The summed E-state index contributed by atoms with van der Waals surface area (Å²) in [6, 6.07) is 8.25. The van der Waals surface area contributed by atoms with E-state index in [1.807, 2.05) is 13.8 Å². The molecule has 134 valence electrons. The molecule has 0 bridgehead atoms. The summed E-state index contributed by atoms with van der Waals surface area (Å²) in [6.45, 7) is 4.80. The number of nitrogens with zero attached hydrogens (tertiary/aromatic N) is 2. The summed E-state index contributed by atoms with van der Waals surface area (Å²) in [6.07, 6.45) is 2.09. The van der Waals surface area contributed by atoms with Crippen molar-refractivity contribution in [3.8, 4) is 5.75 Å². The van der Waals surface area contributed by atoms with Crippen molar-refractivity contribution in [2.45, 2.75) is 20.3 Å². The van der Waals surface area contributed by atoms with Gasteiger partial charge in [-0.3, -0.25) is 4.79 Å². The smallest absolute Gasteiger partial charge is 0.322 e. The molecule has 3 amide bonds. The van der Waals surface area contributed by atoms with Crippen LogP contribution in [0.15, 0.2) is 41.1 Å². The topological polar surface area (TPSA) is 96.7 Å². The highest BCUT2D eigenvalue weighted by Crippen LogP contribution is 2.16. The minimum atomic E-state index is -0.346. The maximum atomic E-state index is 12.4. The van der Waals surface area contributed by atoms with E-state index >= 15 is 0 Å². The Hall–Kier alpha value is -3.03. The van der Waals surface area contributed by atoms with Crippen molar-refractivity contribution in [1.82, 2.24) is 10.1 Å². The van der Waals surface area contributed by atoms with Crippen LogP contribution in [0.3, 0.4) is 0 Å². The minimum absolute atomic E-state index is 0.0798. The van der Waals surface area contributed by atoms with Crippen LogP contribution in [0, 0.1) is 0 Å². The number of rotatable bonds is 8. The summed E-state index contributed by atoms with van der Waals surface area (Å²) >= 11 is 0. The average molecular weight is 346 g/mol. The summed E-state index contributed by atoms with van der Waals surface area (Å²) in [7, 11) is 0.